The van der Waals surface area contributed by atoms with Crippen molar-refractivity contribution < 1.29 is 19.1 Å². The molecule has 7 nitrogen and oxygen atoms in total. The molecule has 28 heavy (non-hydrogen) atoms. The van der Waals surface area contributed by atoms with Crippen LogP contribution in [-0.4, -0.2) is 30.6 Å². The molecule has 2 amide bonds. The third-order valence-corrected chi connectivity index (χ3v) is 3.75. The van der Waals surface area contributed by atoms with E-state index in [9.17, 15) is 9.59 Å². The molecule has 0 aromatic heterocycles. The molecule has 3 N–H and O–H groups in total. The fourth-order valence-electron chi connectivity index (χ4n) is 2.10. The molecule has 8 heteroatoms. The third kappa shape index (κ3) is 7.08. The number of hydrazine groups is 1. The second-order valence-electron chi connectivity index (χ2n) is 5.65. The SMILES string of the molecule is COc1ccc(/C=C/C(=O)NC(=S)NNC(=O)COc2ccccc2C)cc1. The Morgan fingerprint density at radius 3 is 2.46 bits per heavy atom. The van der Waals surface area contributed by atoms with Gasteiger partial charge in [-0.25, -0.2) is 0 Å². The molecule has 2 aromatic rings. The van der Waals surface area contributed by atoms with Gasteiger partial charge in [-0.1, -0.05) is 30.3 Å². The molecule has 0 radical (unpaired) electrons. The molecule has 146 valence electrons. The van der Waals surface area contributed by atoms with Crippen LogP contribution in [0.15, 0.2) is 54.6 Å². The summed E-state index contributed by atoms with van der Waals surface area (Å²) in [6, 6.07) is 14.6. The van der Waals surface area contributed by atoms with Gasteiger partial charge in [-0.2, -0.15) is 0 Å². The maximum Gasteiger partial charge on any atom is 0.276 e. The number of methoxy groups -OCH3 is 1. The first-order chi connectivity index (χ1) is 13.5. The van der Waals surface area contributed by atoms with Crippen LogP contribution in [0.3, 0.4) is 0 Å². The number of carbonyl (C=O) groups is 2. The molecule has 0 atom stereocenters. The maximum atomic E-state index is 11.9. The van der Waals surface area contributed by atoms with Gasteiger partial charge in [-0.3, -0.25) is 25.8 Å². The van der Waals surface area contributed by atoms with E-state index in [1.165, 1.54) is 6.08 Å². The zero-order chi connectivity index (χ0) is 20.4. The number of ether oxygens (including phenoxy) is 2. The monoisotopic (exact) mass is 399 g/mol. The molecular formula is C20H21N3O4S. The summed E-state index contributed by atoms with van der Waals surface area (Å²) in [6.07, 6.45) is 2.96. The number of nitrogens with one attached hydrogen (secondary N) is 3. The van der Waals surface area contributed by atoms with E-state index < -0.39 is 11.8 Å². The van der Waals surface area contributed by atoms with Gasteiger partial charge in [0.15, 0.2) is 11.7 Å². The predicted molar refractivity (Wildman–Crippen MR) is 111 cm³/mol. The molecule has 0 aliphatic rings. The topological polar surface area (TPSA) is 88.7 Å². The van der Waals surface area contributed by atoms with Crippen molar-refractivity contribution in [2.75, 3.05) is 13.7 Å². The summed E-state index contributed by atoms with van der Waals surface area (Å²) in [5.74, 6) is 0.485. The molecule has 0 bridgehead atoms. The van der Waals surface area contributed by atoms with Crippen molar-refractivity contribution in [2.24, 2.45) is 0 Å². The molecule has 0 aliphatic carbocycles. The maximum absolute atomic E-state index is 11.9. The van der Waals surface area contributed by atoms with E-state index in [0.717, 1.165) is 16.9 Å². The summed E-state index contributed by atoms with van der Waals surface area (Å²) in [5.41, 5.74) is 6.56. The molecule has 0 aliphatic heterocycles. The van der Waals surface area contributed by atoms with Crippen LogP contribution in [0, 0.1) is 6.92 Å². The highest BCUT2D eigenvalue weighted by Gasteiger charge is 2.06. The van der Waals surface area contributed by atoms with Crippen molar-refractivity contribution in [3.63, 3.8) is 0 Å². The zero-order valence-corrected chi connectivity index (χ0v) is 16.3. The van der Waals surface area contributed by atoms with Gasteiger partial charge in [0.1, 0.15) is 11.5 Å². The van der Waals surface area contributed by atoms with Gasteiger partial charge in [0.25, 0.3) is 5.91 Å². The Kier molecular flexibility index (Phi) is 7.98. The molecule has 2 rings (SSSR count). The van der Waals surface area contributed by atoms with Crippen LogP contribution in [0.2, 0.25) is 0 Å². The van der Waals surface area contributed by atoms with E-state index >= 15 is 0 Å². The minimum absolute atomic E-state index is 0.0337. The van der Waals surface area contributed by atoms with Crippen molar-refractivity contribution in [3.8, 4) is 11.5 Å². The molecule has 2 aromatic carbocycles. The van der Waals surface area contributed by atoms with E-state index in [1.54, 1.807) is 31.4 Å². The normalized spacial score (nSPS) is 10.2. The third-order valence-electron chi connectivity index (χ3n) is 3.55. The van der Waals surface area contributed by atoms with Gasteiger partial charge in [0, 0.05) is 6.08 Å². The number of benzene rings is 2. The molecular weight excluding hydrogens is 378 g/mol. The lowest BCUT2D eigenvalue weighted by molar-refractivity contribution is -0.123. The van der Waals surface area contributed by atoms with Crippen LogP contribution in [0.5, 0.6) is 11.5 Å². The van der Waals surface area contributed by atoms with Gasteiger partial charge < -0.3 is 9.47 Å². The van der Waals surface area contributed by atoms with Crippen LogP contribution < -0.4 is 25.6 Å². The Balaban J connectivity index is 1.70. The number of para-hydroxylation sites is 1. The minimum atomic E-state index is -0.436. The first kappa shape index (κ1) is 20.9. The molecule has 0 unspecified atom stereocenters. The van der Waals surface area contributed by atoms with Gasteiger partial charge in [0.05, 0.1) is 7.11 Å². The van der Waals surface area contributed by atoms with E-state index in [2.05, 4.69) is 16.2 Å². The molecule has 0 heterocycles. The Labute approximate surface area is 168 Å². The summed E-state index contributed by atoms with van der Waals surface area (Å²) in [7, 11) is 1.58. The number of aryl methyl sites for hydroxylation is 1. The van der Waals surface area contributed by atoms with Crippen LogP contribution in [0.1, 0.15) is 11.1 Å². The Bertz CT molecular complexity index is 866. The number of thiocarbonyl (C=S) groups is 1. The van der Waals surface area contributed by atoms with Crippen LogP contribution >= 0.6 is 12.2 Å². The summed E-state index contributed by atoms with van der Waals surface area (Å²) >= 11 is 4.96. The highest BCUT2D eigenvalue weighted by atomic mass is 32.1. The highest BCUT2D eigenvalue weighted by Crippen LogP contribution is 2.15. The summed E-state index contributed by atoms with van der Waals surface area (Å²) in [5, 5.41) is 2.39. The summed E-state index contributed by atoms with van der Waals surface area (Å²) in [6.45, 7) is 1.70. The van der Waals surface area contributed by atoms with Gasteiger partial charge in [0.2, 0.25) is 5.91 Å². The number of hydrogen-bond donors (Lipinski definition) is 3. The van der Waals surface area contributed by atoms with Crippen LogP contribution in [0.4, 0.5) is 0 Å². The lowest BCUT2D eigenvalue weighted by Crippen LogP contribution is -2.49. The van der Waals surface area contributed by atoms with Crippen molar-refractivity contribution >= 4 is 35.2 Å². The molecule has 0 spiro atoms. The number of amides is 2. The molecule has 0 fully saturated rings. The predicted octanol–water partition coefficient (Wildman–Crippen LogP) is 2.12. The Morgan fingerprint density at radius 2 is 1.79 bits per heavy atom. The van der Waals surface area contributed by atoms with Crippen LogP contribution in [0.25, 0.3) is 6.08 Å². The average molecular weight is 399 g/mol. The number of rotatable bonds is 6. The lowest BCUT2D eigenvalue weighted by Gasteiger charge is -2.11. The van der Waals surface area contributed by atoms with Crippen molar-refractivity contribution in [3.05, 3.63) is 65.7 Å². The first-order valence-electron chi connectivity index (χ1n) is 8.38. The number of carbonyl (C=O) groups excluding carboxylic acids is 2. The average Bonchev–Trinajstić information content (AvgIpc) is 2.70. The van der Waals surface area contributed by atoms with E-state index in [4.69, 9.17) is 21.7 Å². The van der Waals surface area contributed by atoms with Crippen molar-refractivity contribution in [1.82, 2.24) is 16.2 Å². The molecule has 0 saturated heterocycles. The fraction of sp³-hybridized carbons (Fsp3) is 0.150. The fourth-order valence-corrected chi connectivity index (χ4v) is 2.25. The van der Waals surface area contributed by atoms with Gasteiger partial charge in [-0.05, 0) is 54.5 Å². The van der Waals surface area contributed by atoms with E-state index in [0.29, 0.717) is 5.75 Å². The molecule has 0 saturated carbocycles. The number of hydrogen-bond acceptors (Lipinski definition) is 5. The zero-order valence-electron chi connectivity index (χ0n) is 15.5. The summed E-state index contributed by atoms with van der Waals surface area (Å²) in [4.78, 5) is 23.6. The minimum Gasteiger partial charge on any atom is -0.497 e. The standard InChI is InChI=1S/C20H21N3O4S/c1-14-5-3-4-6-17(14)27-13-19(25)22-23-20(28)21-18(24)12-9-15-7-10-16(26-2)11-8-15/h3-12H,13H2,1-2H3,(H,22,25)(H2,21,23,24,28)/b12-9+. The second-order valence-corrected chi connectivity index (χ2v) is 6.06. The Morgan fingerprint density at radius 1 is 1.07 bits per heavy atom. The van der Waals surface area contributed by atoms with Crippen molar-refractivity contribution in [2.45, 2.75) is 6.92 Å². The Hall–Kier alpha value is -3.39. The quantitative estimate of drug-likeness (QED) is 0.392. The first-order valence-corrected chi connectivity index (χ1v) is 8.79. The smallest absolute Gasteiger partial charge is 0.276 e. The van der Waals surface area contributed by atoms with Crippen molar-refractivity contribution in [1.29, 1.82) is 0 Å². The largest absolute Gasteiger partial charge is 0.497 e. The van der Waals surface area contributed by atoms with E-state index in [-0.39, 0.29) is 11.7 Å². The summed E-state index contributed by atoms with van der Waals surface area (Å²) < 4.78 is 10.5. The highest BCUT2D eigenvalue weighted by molar-refractivity contribution is 7.80. The van der Waals surface area contributed by atoms with Gasteiger partial charge >= 0.3 is 0 Å². The van der Waals surface area contributed by atoms with Crippen LogP contribution in [-0.2, 0) is 9.59 Å². The second kappa shape index (κ2) is 10.7. The lowest BCUT2D eigenvalue weighted by atomic mass is 10.2. The van der Waals surface area contributed by atoms with E-state index in [1.807, 2.05) is 37.3 Å². The van der Waals surface area contributed by atoms with Gasteiger partial charge in [-0.15, -0.1) is 0 Å².